The molecule has 1 N–H and O–H groups in total. The molecule has 0 saturated heterocycles. The molecule has 2 rings (SSSR count). The average molecular weight is 312 g/mol. The van der Waals surface area contributed by atoms with Gasteiger partial charge in [0.1, 0.15) is 0 Å². The summed E-state index contributed by atoms with van der Waals surface area (Å²) in [5, 5.41) is 20.8. The van der Waals surface area contributed by atoms with Crippen LogP contribution in [0.5, 0.6) is 11.5 Å². The van der Waals surface area contributed by atoms with Crippen molar-refractivity contribution in [3.8, 4) is 11.5 Å². The fourth-order valence-electron chi connectivity index (χ4n) is 1.79. The van der Waals surface area contributed by atoms with E-state index >= 15 is 0 Å². The zero-order valence-corrected chi connectivity index (χ0v) is 11.7. The predicted octanol–water partition coefficient (Wildman–Crippen LogP) is 4.23. The molecule has 110 valence electrons. The molecule has 0 fully saturated rings. The summed E-state index contributed by atoms with van der Waals surface area (Å²) in [5.74, 6) is -1.13. The molecule has 0 aliphatic heterocycles. The van der Waals surface area contributed by atoms with E-state index in [9.17, 15) is 19.6 Å². The van der Waals surface area contributed by atoms with Gasteiger partial charge < -0.3 is 9.84 Å². The third-order valence-corrected chi connectivity index (χ3v) is 3.01. The molecule has 21 heavy (non-hydrogen) atoms. The Kier molecular flexibility index (Phi) is 4.40. The first-order chi connectivity index (χ1) is 9.90. The van der Waals surface area contributed by atoms with Gasteiger partial charge in [-0.25, -0.2) is 4.39 Å². The summed E-state index contributed by atoms with van der Waals surface area (Å²) in [7, 11) is 0. The van der Waals surface area contributed by atoms with E-state index in [-0.39, 0.29) is 27.8 Å². The maximum atomic E-state index is 13.9. The molecule has 0 aromatic heterocycles. The Labute approximate surface area is 124 Å². The minimum atomic E-state index is -0.984. The zero-order chi connectivity index (χ0) is 15.6. The van der Waals surface area contributed by atoms with Crippen LogP contribution in [0, 0.1) is 15.9 Å². The Morgan fingerprint density at radius 2 is 2.10 bits per heavy atom. The van der Waals surface area contributed by atoms with Gasteiger partial charge in [-0.1, -0.05) is 23.7 Å². The number of ether oxygens (including phenoxy) is 1. The molecular weight excluding hydrogens is 301 g/mol. The van der Waals surface area contributed by atoms with Gasteiger partial charge in [0.05, 0.1) is 11.0 Å². The van der Waals surface area contributed by atoms with Crippen molar-refractivity contribution in [1.29, 1.82) is 0 Å². The number of nitro benzene ring substituents is 1. The molecular formula is C14H11ClFNO4. The van der Waals surface area contributed by atoms with E-state index in [0.29, 0.717) is 0 Å². The molecule has 0 spiro atoms. The average Bonchev–Trinajstić information content (AvgIpc) is 2.42. The van der Waals surface area contributed by atoms with Gasteiger partial charge in [-0.3, -0.25) is 10.1 Å². The van der Waals surface area contributed by atoms with Gasteiger partial charge in [0.25, 0.3) is 0 Å². The molecule has 0 unspecified atom stereocenters. The second kappa shape index (κ2) is 6.07. The number of benzene rings is 2. The smallest absolute Gasteiger partial charge is 0.313 e. The topological polar surface area (TPSA) is 72.6 Å². The first kappa shape index (κ1) is 15.2. The fraction of sp³-hybridized carbons (Fsp3) is 0.143. The van der Waals surface area contributed by atoms with E-state index in [2.05, 4.69) is 0 Å². The Morgan fingerprint density at radius 3 is 2.71 bits per heavy atom. The van der Waals surface area contributed by atoms with Crippen LogP contribution in [0.1, 0.15) is 18.6 Å². The summed E-state index contributed by atoms with van der Waals surface area (Å²) in [6, 6.07) is 7.82. The second-order valence-electron chi connectivity index (χ2n) is 4.31. The van der Waals surface area contributed by atoms with Crippen LogP contribution in [0.4, 0.5) is 10.1 Å². The van der Waals surface area contributed by atoms with Crippen molar-refractivity contribution < 1.29 is 19.2 Å². The number of rotatable bonds is 4. The first-order valence-corrected chi connectivity index (χ1v) is 6.36. The lowest BCUT2D eigenvalue weighted by Crippen LogP contribution is -2.00. The van der Waals surface area contributed by atoms with Crippen molar-refractivity contribution in [2.45, 2.75) is 13.0 Å². The van der Waals surface area contributed by atoms with Crippen LogP contribution in [-0.2, 0) is 0 Å². The summed E-state index contributed by atoms with van der Waals surface area (Å²) in [6.07, 6.45) is -0.984. The van der Waals surface area contributed by atoms with Gasteiger partial charge >= 0.3 is 5.69 Å². The zero-order valence-electron chi connectivity index (χ0n) is 10.9. The van der Waals surface area contributed by atoms with Gasteiger partial charge in [0.2, 0.25) is 5.75 Å². The predicted molar refractivity (Wildman–Crippen MR) is 75.2 cm³/mol. The Bertz CT molecular complexity index is 691. The molecule has 0 aliphatic rings. The van der Waals surface area contributed by atoms with E-state index in [1.54, 1.807) is 0 Å². The quantitative estimate of drug-likeness (QED) is 0.677. The molecule has 2 aromatic rings. The summed E-state index contributed by atoms with van der Waals surface area (Å²) in [5.41, 5.74) is -0.193. The van der Waals surface area contributed by atoms with Gasteiger partial charge in [-0.05, 0) is 25.1 Å². The van der Waals surface area contributed by atoms with Crippen molar-refractivity contribution >= 4 is 17.3 Å². The molecule has 0 radical (unpaired) electrons. The number of hydrogen-bond acceptors (Lipinski definition) is 4. The Hall–Kier alpha value is -2.18. The lowest BCUT2D eigenvalue weighted by molar-refractivity contribution is -0.385. The van der Waals surface area contributed by atoms with Gasteiger partial charge in [-0.2, -0.15) is 0 Å². The van der Waals surface area contributed by atoms with E-state index in [1.807, 2.05) is 0 Å². The first-order valence-electron chi connectivity index (χ1n) is 5.98. The van der Waals surface area contributed by atoms with E-state index in [4.69, 9.17) is 16.3 Å². The van der Waals surface area contributed by atoms with Crippen LogP contribution in [0.25, 0.3) is 0 Å². The molecule has 0 amide bonds. The van der Waals surface area contributed by atoms with Crippen LogP contribution in [-0.4, -0.2) is 10.0 Å². The molecule has 1 atom stereocenters. The number of nitro groups is 1. The molecule has 0 heterocycles. The standard InChI is InChI=1S/C14H11ClFNO4/c1-8(18)10-3-2-4-11(16)14(10)21-13-6-5-9(15)7-12(13)17(19)20/h2-8,18H,1H3/t8-/m1/s1. The molecule has 0 bridgehead atoms. The molecule has 5 nitrogen and oxygen atoms in total. The van der Waals surface area contributed by atoms with Crippen molar-refractivity contribution in [3.05, 3.63) is 62.9 Å². The fourth-order valence-corrected chi connectivity index (χ4v) is 1.96. The summed E-state index contributed by atoms with van der Waals surface area (Å²) >= 11 is 5.70. The van der Waals surface area contributed by atoms with Gasteiger partial charge in [0.15, 0.2) is 11.6 Å². The highest BCUT2D eigenvalue weighted by molar-refractivity contribution is 6.30. The lowest BCUT2D eigenvalue weighted by Gasteiger charge is -2.14. The molecule has 2 aromatic carbocycles. The summed E-state index contributed by atoms with van der Waals surface area (Å²) in [6.45, 7) is 1.44. The van der Waals surface area contributed by atoms with Crippen molar-refractivity contribution in [2.75, 3.05) is 0 Å². The molecule has 0 aliphatic carbocycles. The van der Waals surface area contributed by atoms with E-state index in [0.717, 1.165) is 12.1 Å². The maximum Gasteiger partial charge on any atom is 0.313 e. The monoisotopic (exact) mass is 311 g/mol. The van der Waals surface area contributed by atoms with Gasteiger partial charge in [-0.15, -0.1) is 0 Å². The number of halogens is 2. The number of nitrogens with zero attached hydrogens (tertiary/aromatic N) is 1. The normalized spacial score (nSPS) is 12.0. The van der Waals surface area contributed by atoms with Crippen LogP contribution in [0.3, 0.4) is 0 Å². The van der Waals surface area contributed by atoms with Crippen molar-refractivity contribution in [2.24, 2.45) is 0 Å². The third kappa shape index (κ3) is 3.29. The largest absolute Gasteiger partial charge is 0.447 e. The molecule has 7 heteroatoms. The lowest BCUT2D eigenvalue weighted by atomic mass is 10.1. The second-order valence-corrected chi connectivity index (χ2v) is 4.74. The number of aliphatic hydroxyl groups excluding tert-OH is 1. The van der Waals surface area contributed by atoms with Crippen molar-refractivity contribution in [3.63, 3.8) is 0 Å². The highest BCUT2D eigenvalue weighted by atomic mass is 35.5. The van der Waals surface area contributed by atoms with Crippen LogP contribution in [0.2, 0.25) is 5.02 Å². The number of aliphatic hydroxyl groups is 1. The number of hydrogen-bond donors (Lipinski definition) is 1. The highest BCUT2D eigenvalue weighted by Crippen LogP contribution is 2.37. The van der Waals surface area contributed by atoms with Crippen LogP contribution < -0.4 is 4.74 Å². The minimum absolute atomic E-state index is 0.156. The van der Waals surface area contributed by atoms with Crippen LogP contribution >= 0.6 is 11.6 Å². The third-order valence-electron chi connectivity index (χ3n) is 2.78. The Morgan fingerprint density at radius 1 is 1.38 bits per heavy atom. The Balaban J connectivity index is 2.51. The maximum absolute atomic E-state index is 13.9. The summed E-state index contributed by atoms with van der Waals surface area (Å²) < 4.78 is 19.2. The molecule has 0 saturated carbocycles. The van der Waals surface area contributed by atoms with Gasteiger partial charge in [0, 0.05) is 16.7 Å². The van der Waals surface area contributed by atoms with E-state index in [1.165, 1.54) is 31.2 Å². The highest BCUT2D eigenvalue weighted by Gasteiger charge is 2.21. The summed E-state index contributed by atoms with van der Waals surface area (Å²) in [4.78, 5) is 10.3. The number of para-hydroxylation sites is 1. The van der Waals surface area contributed by atoms with E-state index < -0.39 is 16.8 Å². The minimum Gasteiger partial charge on any atom is -0.447 e. The van der Waals surface area contributed by atoms with Crippen molar-refractivity contribution in [1.82, 2.24) is 0 Å². The van der Waals surface area contributed by atoms with Crippen LogP contribution in [0.15, 0.2) is 36.4 Å². The SMILES string of the molecule is C[C@@H](O)c1cccc(F)c1Oc1ccc(Cl)cc1[N+](=O)[O-].